The van der Waals surface area contributed by atoms with Gasteiger partial charge in [0.05, 0.1) is 11.6 Å². The van der Waals surface area contributed by atoms with Crippen molar-refractivity contribution < 1.29 is 4.79 Å². The quantitative estimate of drug-likeness (QED) is 0.717. The fraction of sp³-hybridized carbons (Fsp3) is 0.125. The molecule has 0 saturated carbocycles. The summed E-state index contributed by atoms with van der Waals surface area (Å²) < 4.78 is 0. The zero-order valence-electron chi connectivity index (χ0n) is 11.3. The van der Waals surface area contributed by atoms with Gasteiger partial charge >= 0.3 is 0 Å². The molecule has 0 saturated heterocycles. The van der Waals surface area contributed by atoms with Crippen LogP contribution in [0.1, 0.15) is 27.0 Å². The van der Waals surface area contributed by atoms with Gasteiger partial charge in [0, 0.05) is 18.7 Å². The van der Waals surface area contributed by atoms with E-state index in [9.17, 15) is 4.79 Å². The second-order valence-electron chi connectivity index (χ2n) is 5.12. The van der Waals surface area contributed by atoms with Gasteiger partial charge < -0.3 is 4.90 Å². The van der Waals surface area contributed by atoms with Crippen molar-refractivity contribution >= 4 is 19.2 Å². The Morgan fingerprint density at radius 2 is 1.80 bits per heavy atom. The van der Waals surface area contributed by atoms with Crippen LogP contribution in [0, 0.1) is 11.3 Å². The predicted octanol–water partition coefficient (Wildman–Crippen LogP) is 0.973. The summed E-state index contributed by atoms with van der Waals surface area (Å²) in [7, 11) is 2.06. The van der Waals surface area contributed by atoms with Gasteiger partial charge in [0.2, 0.25) is 0 Å². The summed E-state index contributed by atoms with van der Waals surface area (Å²) >= 11 is 0. The third-order valence-electron chi connectivity index (χ3n) is 3.63. The molecule has 0 N–H and O–H groups in total. The number of benzene rings is 2. The van der Waals surface area contributed by atoms with Crippen molar-refractivity contribution in [3.05, 3.63) is 64.7 Å². The fourth-order valence-electron chi connectivity index (χ4n) is 2.54. The smallest absolute Gasteiger partial charge is 0.254 e. The summed E-state index contributed by atoms with van der Waals surface area (Å²) in [4.78, 5) is 14.3. The molecule has 0 radical (unpaired) electrons. The van der Waals surface area contributed by atoms with Gasteiger partial charge in [0.1, 0.15) is 7.85 Å². The first-order valence-electron chi connectivity index (χ1n) is 6.55. The highest BCUT2D eigenvalue weighted by Crippen LogP contribution is 2.23. The van der Waals surface area contributed by atoms with E-state index in [1.165, 1.54) is 16.6 Å². The second-order valence-corrected chi connectivity index (χ2v) is 5.12. The summed E-state index contributed by atoms with van der Waals surface area (Å²) in [5, 5.41) is 8.78. The number of hydrogen-bond acceptors (Lipinski definition) is 2. The third kappa shape index (κ3) is 2.19. The SMILES string of the molecule is Bc1ccc2c(c1)CN(C(=O)c1ccc(C#N)cc1)C2. The Labute approximate surface area is 118 Å². The standard InChI is InChI=1S/C16H13BN2O/c17-15-6-5-13-9-19(10-14(13)7-15)16(20)12-3-1-11(8-18)2-4-12/h1-7H,9-10,17H2. The van der Waals surface area contributed by atoms with Crippen molar-refractivity contribution in [2.45, 2.75) is 13.1 Å². The van der Waals surface area contributed by atoms with Gasteiger partial charge in [0.25, 0.3) is 5.91 Å². The van der Waals surface area contributed by atoms with E-state index in [1.54, 1.807) is 24.3 Å². The molecular weight excluding hydrogens is 247 g/mol. The van der Waals surface area contributed by atoms with E-state index < -0.39 is 0 Å². The van der Waals surface area contributed by atoms with Crippen LogP contribution < -0.4 is 5.46 Å². The normalized spacial score (nSPS) is 12.8. The molecule has 4 heteroatoms. The molecule has 3 rings (SSSR count). The van der Waals surface area contributed by atoms with Gasteiger partial charge in [-0.15, -0.1) is 0 Å². The molecule has 0 bridgehead atoms. The van der Waals surface area contributed by atoms with E-state index in [4.69, 9.17) is 5.26 Å². The fourth-order valence-corrected chi connectivity index (χ4v) is 2.54. The highest BCUT2D eigenvalue weighted by molar-refractivity contribution is 6.32. The largest absolute Gasteiger partial charge is 0.330 e. The highest BCUT2D eigenvalue weighted by atomic mass is 16.2. The lowest BCUT2D eigenvalue weighted by Crippen LogP contribution is -2.25. The Morgan fingerprint density at radius 1 is 1.10 bits per heavy atom. The molecule has 0 unspecified atom stereocenters. The number of amides is 1. The lowest BCUT2D eigenvalue weighted by molar-refractivity contribution is 0.0751. The van der Waals surface area contributed by atoms with Gasteiger partial charge in [-0.3, -0.25) is 4.79 Å². The Bertz CT molecular complexity index is 716. The van der Waals surface area contributed by atoms with E-state index in [0.29, 0.717) is 24.2 Å². The lowest BCUT2D eigenvalue weighted by Gasteiger charge is -2.15. The van der Waals surface area contributed by atoms with Crippen LogP contribution in [0.25, 0.3) is 0 Å². The predicted molar refractivity (Wildman–Crippen MR) is 79.4 cm³/mol. The van der Waals surface area contributed by atoms with Crippen LogP contribution in [0.3, 0.4) is 0 Å². The number of carbonyl (C=O) groups is 1. The molecule has 1 aliphatic rings. The van der Waals surface area contributed by atoms with Crippen molar-refractivity contribution in [1.82, 2.24) is 4.90 Å². The molecule has 96 valence electrons. The van der Waals surface area contributed by atoms with Gasteiger partial charge in [-0.2, -0.15) is 5.26 Å². The molecule has 0 spiro atoms. The van der Waals surface area contributed by atoms with E-state index in [2.05, 4.69) is 32.1 Å². The maximum Gasteiger partial charge on any atom is 0.254 e. The Kier molecular flexibility index (Phi) is 3.04. The number of nitrogens with zero attached hydrogens (tertiary/aromatic N) is 2. The minimum atomic E-state index is 0.0170. The van der Waals surface area contributed by atoms with E-state index in [-0.39, 0.29) is 5.91 Å². The molecule has 0 atom stereocenters. The molecule has 2 aromatic carbocycles. The van der Waals surface area contributed by atoms with Crippen LogP contribution >= 0.6 is 0 Å². The third-order valence-corrected chi connectivity index (χ3v) is 3.63. The van der Waals surface area contributed by atoms with Crippen molar-refractivity contribution in [2.24, 2.45) is 0 Å². The Morgan fingerprint density at radius 3 is 2.50 bits per heavy atom. The van der Waals surface area contributed by atoms with E-state index >= 15 is 0 Å². The zero-order valence-corrected chi connectivity index (χ0v) is 11.3. The summed E-state index contributed by atoms with van der Waals surface area (Å²) in [6.07, 6.45) is 0. The summed E-state index contributed by atoms with van der Waals surface area (Å²) in [6.45, 7) is 1.32. The first kappa shape index (κ1) is 12.5. The summed E-state index contributed by atoms with van der Waals surface area (Å²) in [6, 6.07) is 15.2. The highest BCUT2D eigenvalue weighted by Gasteiger charge is 2.23. The van der Waals surface area contributed by atoms with Gasteiger partial charge in [-0.25, -0.2) is 0 Å². The first-order valence-corrected chi connectivity index (χ1v) is 6.55. The molecule has 3 nitrogen and oxygen atoms in total. The van der Waals surface area contributed by atoms with Gasteiger partial charge in [-0.05, 0) is 35.4 Å². The average molecular weight is 260 g/mol. The zero-order chi connectivity index (χ0) is 14.1. The van der Waals surface area contributed by atoms with Crippen LogP contribution in [-0.2, 0) is 13.1 Å². The van der Waals surface area contributed by atoms with Crippen LogP contribution in [0.2, 0.25) is 0 Å². The van der Waals surface area contributed by atoms with Crippen molar-refractivity contribution in [3.63, 3.8) is 0 Å². The Balaban J connectivity index is 1.81. The molecule has 1 amide bonds. The van der Waals surface area contributed by atoms with Crippen LogP contribution in [0.15, 0.2) is 42.5 Å². The maximum atomic E-state index is 12.4. The number of hydrogen-bond donors (Lipinski definition) is 0. The molecular formula is C16H13BN2O. The number of nitriles is 1. The summed E-state index contributed by atoms with van der Waals surface area (Å²) in [5.74, 6) is 0.0170. The molecule has 1 heterocycles. The van der Waals surface area contributed by atoms with Gasteiger partial charge in [-0.1, -0.05) is 23.7 Å². The summed E-state index contributed by atoms with van der Waals surface area (Å²) in [5.41, 5.74) is 4.87. The van der Waals surface area contributed by atoms with Crippen molar-refractivity contribution in [3.8, 4) is 6.07 Å². The lowest BCUT2D eigenvalue weighted by atomic mass is 9.93. The Hall–Kier alpha value is -2.54. The molecule has 0 aromatic heterocycles. The van der Waals surface area contributed by atoms with Crippen LogP contribution in [0.5, 0.6) is 0 Å². The first-order chi connectivity index (χ1) is 9.67. The van der Waals surface area contributed by atoms with Crippen molar-refractivity contribution in [2.75, 3.05) is 0 Å². The minimum Gasteiger partial charge on any atom is -0.330 e. The van der Waals surface area contributed by atoms with E-state index in [0.717, 1.165) is 0 Å². The van der Waals surface area contributed by atoms with Gasteiger partial charge in [0.15, 0.2) is 0 Å². The number of rotatable bonds is 1. The average Bonchev–Trinajstić information content (AvgIpc) is 2.89. The van der Waals surface area contributed by atoms with E-state index in [1.807, 2.05) is 4.90 Å². The number of carbonyl (C=O) groups excluding carboxylic acids is 1. The molecule has 0 fully saturated rings. The molecule has 1 aliphatic heterocycles. The molecule has 20 heavy (non-hydrogen) atoms. The molecule has 2 aromatic rings. The maximum absolute atomic E-state index is 12.4. The topological polar surface area (TPSA) is 44.1 Å². The monoisotopic (exact) mass is 260 g/mol. The van der Waals surface area contributed by atoms with Crippen LogP contribution in [-0.4, -0.2) is 18.7 Å². The minimum absolute atomic E-state index is 0.0170. The van der Waals surface area contributed by atoms with Crippen LogP contribution in [0.4, 0.5) is 0 Å². The molecule has 0 aliphatic carbocycles. The second kappa shape index (κ2) is 4.86. The number of fused-ring (bicyclic) bond motifs is 1. The van der Waals surface area contributed by atoms with Crippen molar-refractivity contribution in [1.29, 1.82) is 5.26 Å².